The molecule has 1 aliphatic rings. The standard InChI is InChI=1S/C11H15FN2S/c1-7-10(4-5-13)15-11-3-2-8(12)6-9(11)14-7/h2-3,6-7,10,14H,4-5,13H2,1H3. The molecule has 3 N–H and O–H groups in total. The number of hydrogen-bond acceptors (Lipinski definition) is 3. The number of nitrogens with one attached hydrogen (secondary N) is 1. The van der Waals surface area contributed by atoms with E-state index in [4.69, 9.17) is 5.73 Å². The zero-order valence-corrected chi connectivity index (χ0v) is 9.48. The number of rotatable bonds is 2. The lowest BCUT2D eigenvalue weighted by atomic mass is 10.1. The fourth-order valence-corrected chi connectivity index (χ4v) is 3.04. The van der Waals surface area contributed by atoms with Crippen LogP contribution < -0.4 is 11.1 Å². The van der Waals surface area contributed by atoms with Crippen molar-refractivity contribution in [3.63, 3.8) is 0 Å². The van der Waals surface area contributed by atoms with Crippen LogP contribution in [0, 0.1) is 5.82 Å². The Morgan fingerprint density at radius 1 is 1.53 bits per heavy atom. The number of halogens is 1. The fourth-order valence-electron chi connectivity index (χ4n) is 1.79. The molecule has 15 heavy (non-hydrogen) atoms. The van der Waals surface area contributed by atoms with E-state index in [-0.39, 0.29) is 5.82 Å². The number of benzene rings is 1. The quantitative estimate of drug-likeness (QED) is 0.813. The smallest absolute Gasteiger partial charge is 0.125 e. The molecule has 0 bridgehead atoms. The van der Waals surface area contributed by atoms with Gasteiger partial charge in [0, 0.05) is 16.2 Å². The number of nitrogens with two attached hydrogens (primary N) is 1. The third-order valence-electron chi connectivity index (χ3n) is 2.61. The highest BCUT2D eigenvalue weighted by Gasteiger charge is 2.24. The molecule has 2 nitrogen and oxygen atoms in total. The van der Waals surface area contributed by atoms with Gasteiger partial charge in [0.25, 0.3) is 0 Å². The molecule has 0 aromatic heterocycles. The molecule has 1 aromatic rings. The van der Waals surface area contributed by atoms with E-state index in [1.807, 2.05) is 6.07 Å². The summed E-state index contributed by atoms with van der Waals surface area (Å²) in [5, 5.41) is 3.80. The summed E-state index contributed by atoms with van der Waals surface area (Å²) in [7, 11) is 0. The third kappa shape index (κ3) is 2.26. The summed E-state index contributed by atoms with van der Waals surface area (Å²) < 4.78 is 13.0. The predicted octanol–water partition coefficient (Wildman–Crippen LogP) is 2.45. The molecule has 1 aromatic carbocycles. The van der Waals surface area contributed by atoms with Gasteiger partial charge in [0.1, 0.15) is 5.82 Å². The second kappa shape index (κ2) is 4.41. The zero-order chi connectivity index (χ0) is 10.8. The van der Waals surface area contributed by atoms with E-state index in [9.17, 15) is 4.39 Å². The van der Waals surface area contributed by atoms with Gasteiger partial charge in [-0.25, -0.2) is 4.39 Å². The van der Waals surface area contributed by atoms with Gasteiger partial charge in [-0.3, -0.25) is 0 Å². The van der Waals surface area contributed by atoms with Crippen LogP contribution in [0.25, 0.3) is 0 Å². The summed E-state index contributed by atoms with van der Waals surface area (Å²) in [5.74, 6) is -0.189. The van der Waals surface area contributed by atoms with Crippen molar-refractivity contribution in [1.82, 2.24) is 0 Å². The monoisotopic (exact) mass is 226 g/mol. The first-order valence-electron chi connectivity index (χ1n) is 5.13. The summed E-state index contributed by atoms with van der Waals surface area (Å²) in [5.41, 5.74) is 6.47. The van der Waals surface area contributed by atoms with E-state index in [1.165, 1.54) is 6.07 Å². The lowest BCUT2D eigenvalue weighted by Gasteiger charge is -2.31. The van der Waals surface area contributed by atoms with Gasteiger partial charge in [0.2, 0.25) is 0 Å². The van der Waals surface area contributed by atoms with E-state index >= 15 is 0 Å². The molecule has 1 aliphatic heterocycles. The van der Waals surface area contributed by atoms with Crippen LogP contribution in [0.5, 0.6) is 0 Å². The molecule has 2 rings (SSSR count). The Balaban J connectivity index is 2.22. The van der Waals surface area contributed by atoms with Gasteiger partial charge in [0.15, 0.2) is 0 Å². The minimum absolute atomic E-state index is 0.189. The summed E-state index contributed by atoms with van der Waals surface area (Å²) in [6.07, 6.45) is 0.982. The fraction of sp³-hybridized carbons (Fsp3) is 0.455. The summed E-state index contributed by atoms with van der Waals surface area (Å²) >= 11 is 1.79. The van der Waals surface area contributed by atoms with Crippen LogP contribution in [0.1, 0.15) is 13.3 Å². The average Bonchev–Trinajstić information content (AvgIpc) is 2.20. The molecular formula is C11H15FN2S. The number of anilines is 1. The molecule has 0 saturated carbocycles. The second-order valence-corrected chi connectivity index (χ2v) is 5.09. The molecule has 0 aliphatic carbocycles. The van der Waals surface area contributed by atoms with Gasteiger partial charge in [-0.15, -0.1) is 11.8 Å². The van der Waals surface area contributed by atoms with E-state index < -0.39 is 0 Å². The first-order chi connectivity index (χ1) is 7.20. The normalized spacial score (nSPS) is 24.5. The minimum atomic E-state index is -0.189. The summed E-state index contributed by atoms with van der Waals surface area (Å²) in [4.78, 5) is 1.12. The number of hydrogen-bond donors (Lipinski definition) is 2. The molecule has 0 saturated heterocycles. The maximum Gasteiger partial charge on any atom is 0.125 e. The largest absolute Gasteiger partial charge is 0.380 e. The molecule has 0 radical (unpaired) electrons. The van der Waals surface area contributed by atoms with Crippen molar-refractivity contribution in [3.05, 3.63) is 24.0 Å². The Labute approximate surface area is 93.4 Å². The van der Waals surface area contributed by atoms with Crippen molar-refractivity contribution in [2.75, 3.05) is 11.9 Å². The van der Waals surface area contributed by atoms with Crippen molar-refractivity contribution in [1.29, 1.82) is 0 Å². The lowest BCUT2D eigenvalue weighted by Crippen LogP contribution is -2.33. The first kappa shape index (κ1) is 10.8. The van der Waals surface area contributed by atoms with Gasteiger partial charge >= 0.3 is 0 Å². The molecule has 2 atom stereocenters. The second-order valence-electron chi connectivity index (χ2n) is 3.81. The van der Waals surface area contributed by atoms with Crippen molar-refractivity contribution in [2.24, 2.45) is 5.73 Å². The zero-order valence-electron chi connectivity index (χ0n) is 8.66. The maximum atomic E-state index is 13.0. The van der Waals surface area contributed by atoms with Crippen molar-refractivity contribution >= 4 is 17.4 Å². The highest BCUT2D eigenvalue weighted by molar-refractivity contribution is 8.00. The van der Waals surface area contributed by atoms with Gasteiger partial charge in [0.05, 0.1) is 5.69 Å². The minimum Gasteiger partial charge on any atom is -0.380 e. The summed E-state index contributed by atoms with van der Waals surface area (Å²) in [6.45, 7) is 2.81. The topological polar surface area (TPSA) is 38.0 Å². The van der Waals surface area contributed by atoms with Gasteiger partial charge < -0.3 is 11.1 Å². The van der Waals surface area contributed by atoms with Crippen LogP contribution >= 0.6 is 11.8 Å². The molecule has 0 fully saturated rings. The SMILES string of the molecule is CC1Nc2cc(F)ccc2SC1CCN. The molecular weight excluding hydrogens is 211 g/mol. The average molecular weight is 226 g/mol. The van der Waals surface area contributed by atoms with Crippen molar-refractivity contribution < 1.29 is 4.39 Å². The Morgan fingerprint density at radius 2 is 2.33 bits per heavy atom. The van der Waals surface area contributed by atoms with Crippen LogP contribution in [0.15, 0.2) is 23.1 Å². The lowest BCUT2D eigenvalue weighted by molar-refractivity contribution is 0.623. The van der Waals surface area contributed by atoms with Crippen LogP contribution in [-0.2, 0) is 0 Å². The van der Waals surface area contributed by atoms with Gasteiger partial charge in [-0.05, 0) is 38.1 Å². The van der Waals surface area contributed by atoms with Crippen LogP contribution in [-0.4, -0.2) is 17.8 Å². The van der Waals surface area contributed by atoms with Gasteiger partial charge in [-0.2, -0.15) is 0 Å². The van der Waals surface area contributed by atoms with E-state index in [0.717, 1.165) is 17.0 Å². The van der Waals surface area contributed by atoms with E-state index in [0.29, 0.717) is 17.8 Å². The van der Waals surface area contributed by atoms with Crippen LogP contribution in [0.4, 0.5) is 10.1 Å². The first-order valence-corrected chi connectivity index (χ1v) is 6.01. The molecule has 0 spiro atoms. The number of thioether (sulfide) groups is 1. The van der Waals surface area contributed by atoms with Crippen LogP contribution in [0.3, 0.4) is 0 Å². The van der Waals surface area contributed by atoms with E-state index in [2.05, 4.69) is 12.2 Å². The van der Waals surface area contributed by atoms with Crippen molar-refractivity contribution in [2.45, 2.75) is 29.5 Å². The Kier molecular flexibility index (Phi) is 3.17. The molecule has 2 unspecified atom stereocenters. The summed E-state index contributed by atoms with van der Waals surface area (Å²) in [6, 6.07) is 5.23. The maximum absolute atomic E-state index is 13.0. The van der Waals surface area contributed by atoms with Crippen LogP contribution in [0.2, 0.25) is 0 Å². The Morgan fingerprint density at radius 3 is 3.07 bits per heavy atom. The Bertz CT molecular complexity index is 356. The highest BCUT2D eigenvalue weighted by Crippen LogP contribution is 2.39. The number of fused-ring (bicyclic) bond motifs is 1. The van der Waals surface area contributed by atoms with Crippen molar-refractivity contribution in [3.8, 4) is 0 Å². The highest BCUT2D eigenvalue weighted by atomic mass is 32.2. The molecule has 82 valence electrons. The van der Waals surface area contributed by atoms with E-state index in [1.54, 1.807) is 17.8 Å². The Hall–Kier alpha value is -0.740. The molecule has 4 heteroatoms. The van der Waals surface area contributed by atoms with Gasteiger partial charge in [-0.1, -0.05) is 0 Å². The predicted molar refractivity (Wildman–Crippen MR) is 62.8 cm³/mol. The molecule has 0 amide bonds. The molecule has 1 heterocycles. The third-order valence-corrected chi connectivity index (χ3v) is 4.17.